The Labute approximate surface area is 103 Å². The molecule has 96 valence electrons. The van der Waals surface area contributed by atoms with E-state index >= 15 is 0 Å². The standard InChI is InChI=1S/C9H10N4O4S/c1-11(2)18(16,17)12-8-6-4-3-5-7(8)10-9(12)13(14)15/h3-6H,1-2H3. The molecular formula is C9H10N4O4S. The summed E-state index contributed by atoms with van der Waals surface area (Å²) in [6.07, 6.45) is 0. The average molecular weight is 270 g/mol. The number of fused-ring (bicyclic) bond motifs is 1. The van der Waals surface area contributed by atoms with E-state index in [4.69, 9.17) is 0 Å². The zero-order valence-electron chi connectivity index (χ0n) is 9.64. The van der Waals surface area contributed by atoms with E-state index in [1.165, 1.54) is 26.2 Å². The van der Waals surface area contributed by atoms with Crippen LogP contribution >= 0.6 is 0 Å². The first kappa shape index (κ1) is 12.5. The van der Waals surface area contributed by atoms with Crippen LogP contribution in [-0.4, -0.2) is 40.7 Å². The van der Waals surface area contributed by atoms with Crippen LogP contribution < -0.4 is 0 Å². The van der Waals surface area contributed by atoms with E-state index in [0.717, 1.165) is 4.31 Å². The molecule has 2 rings (SSSR count). The number of nitro groups is 1. The molecule has 0 fully saturated rings. The fraction of sp³-hybridized carbons (Fsp3) is 0.222. The summed E-state index contributed by atoms with van der Waals surface area (Å²) < 4.78 is 25.7. The number of nitrogens with zero attached hydrogens (tertiary/aromatic N) is 4. The molecule has 0 radical (unpaired) electrons. The van der Waals surface area contributed by atoms with Crippen LogP contribution in [0.15, 0.2) is 24.3 Å². The van der Waals surface area contributed by atoms with Crippen molar-refractivity contribution in [1.82, 2.24) is 13.3 Å². The second-order valence-electron chi connectivity index (χ2n) is 3.71. The Hall–Kier alpha value is -2.00. The summed E-state index contributed by atoms with van der Waals surface area (Å²) in [6, 6.07) is 6.21. The fourth-order valence-corrected chi connectivity index (χ4v) is 2.54. The van der Waals surface area contributed by atoms with Crippen LogP contribution in [0.1, 0.15) is 0 Å². The number of hydrogen-bond donors (Lipinski definition) is 0. The number of para-hydroxylation sites is 2. The van der Waals surface area contributed by atoms with Crippen molar-refractivity contribution in [1.29, 1.82) is 0 Å². The van der Waals surface area contributed by atoms with Gasteiger partial charge >= 0.3 is 16.2 Å². The van der Waals surface area contributed by atoms with Crippen LogP contribution in [0.2, 0.25) is 0 Å². The number of imidazole rings is 1. The molecule has 1 heterocycles. The zero-order chi connectivity index (χ0) is 13.5. The van der Waals surface area contributed by atoms with Crippen molar-refractivity contribution >= 4 is 27.2 Å². The highest BCUT2D eigenvalue weighted by atomic mass is 32.2. The van der Waals surface area contributed by atoms with Crippen molar-refractivity contribution in [3.05, 3.63) is 34.4 Å². The van der Waals surface area contributed by atoms with Gasteiger partial charge in [-0.1, -0.05) is 21.1 Å². The van der Waals surface area contributed by atoms with Crippen molar-refractivity contribution in [3.63, 3.8) is 0 Å². The molecule has 0 spiro atoms. The zero-order valence-corrected chi connectivity index (χ0v) is 10.5. The second kappa shape index (κ2) is 4.03. The molecule has 0 aliphatic rings. The Morgan fingerprint density at radius 1 is 1.33 bits per heavy atom. The molecule has 0 bridgehead atoms. The fourth-order valence-electron chi connectivity index (χ4n) is 1.50. The molecule has 0 N–H and O–H groups in total. The molecule has 1 aromatic heterocycles. The van der Waals surface area contributed by atoms with Gasteiger partial charge in [0.2, 0.25) is 0 Å². The van der Waals surface area contributed by atoms with Gasteiger partial charge in [0.25, 0.3) is 0 Å². The van der Waals surface area contributed by atoms with Crippen molar-refractivity contribution in [2.24, 2.45) is 0 Å². The lowest BCUT2D eigenvalue weighted by Gasteiger charge is -2.09. The monoisotopic (exact) mass is 270 g/mol. The van der Waals surface area contributed by atoms with Crippen LogP contribution in [0.25, 0.3) is 11.0 Å². The summed E-state index contributed by atoms with van der Waals surface area (Å²) in [6.45, 7) is 0. The van der Waals surface area contributed by atoms with Gasteiger partial charge in [0, 0.05) is 14.1 Å². The third kappa shape index (κ3) is 1.73. The van der Waals surface area contributed by atoms with E-state index in [1.807, 2.05) is 0 Å². The number of rotatable bonds is 3. The lowest BCUT2D eigenvalue weighted by Crippen LogP contribution is -2.29. The predicted octanol–water partition coefficient (Wildman–Crippen LogP) is 0.599. The number of aromatic nitrogens is 2. The Balaban J connectivity index is 2.91. The third-order valence-corrected chi connectivity index (χ3v) is 4.10. The Bertz CT molecular complexity index is 719. The van der Waals surface area contributed by atoms with Crippen LogP contribution in [-0.2, 0) is 10.2 Å². The second-order valence-corrected chi connectivity index (χ2v) is 5.70. The Morgan fingerprint density at radius 2 is 1.94 bits per heavy atom. The maximum Gasteiger partial charge on any atom is 0.451 e. The first-order valence-corrected chi connectivity index (χ1v) is 6.30. The molecule has 0 saturated heterocycles. The summed E-state index contributed by atoms with van der Waals surface area (Å²) in [5.41, 5.74) is 0.438. The quantitative estimate of drug-likeness (QED) is 0.600. The minimum Gasteiger partial charge on any atom is -0.390 e. The van der Waals surface area contributed by atoms with Gasteiger partial charge in [0.1, 0.15) is 0 Å². The number of benzene rings is 1. The van der Waals surface area contributed by atoms with Gasteiger partial charge in [-0.2, -0.15) is 12.7 Å². The van der Waals surface area contributed by atoms with E-state index in [2.05, 4.69) is 4.98 Å². The maximum absolute atomic E-state index is 12.1. The van der Waals surface area contributed by atoms with Gasteiger partial charge in [-0.15, -0.1) is 0 Å². The normalized spacial score (nSPS) is 12.2. The first-order chi connectivity index (χ1) is 8.35. The molecule has 0 amide bonds. The van der Waals surface area contributed by atoms with E-state index < -0.39 is 21.1 Å². The van der Waals surface area contributed by atoms with Gasteiger partial charge < -0.3 is 10.1 Å². The molecular weight excluding hydrogens is 260 g/mol. The summed E-state index contributed by atoms with van der Waals surface area (Å²) in [7, 11) is -1.39. The smallest absolute Gasteiger partial charge is 0.390 e. The molecule has 0 saturated carbocycles. The van der Waals surface area contributed by atoms with Crippen molar-refractivity contribution in [3.8, 4) is 0 Å². The average Bonchev–Trinajstić information content (AvgIpc) is 2.68. The minimum atomic E-state index is -3.99. The number of hydrogen-bond acceptors (Lipinski definition) is 5. The van der Waals surface area contributed by atoms with E-state index in [0.29, 0.717) is 3.97 Å². The van der Waals surface area contributed by atoms with Crippen LogP contribution in [0.3, 0.4) is 0 Å². The lowest BCUT2D eigenvalue weighted by molar-refractivity contribution is -0.394. The van der Waals surface area contributed by atoms with Crippen molar-refractivity contribution in [2.75, 3.05) is 14.1 Å². The molecule has 0 atom stereocenters. The van der Waals surface area contributed by atoms with Gasteiger partial charge in [0.15, 0.2) is 11.0 Å². The highest BCUT2D eigenvalue weighted by Crippen LogP contribution is 2.23. The van der Waals surface area contributed by atoms with Crippen molar-refractivity contribution < 1.29 is 13.3 Å². The minimum absolute atomic E-state index is 0.179. The van der Waals surface area contributed by atoms with E-state index in [1.54, 1.807) is 12.1 Å². The van der Waals surface area contributed by atoms with Gasteiger partial charge in [-0.05, 0) is 17.1 Å². The molecule has 2 aromatic rings. The molecule has 0 aliphatic heterocycles. The lowest BCUT2D eigenvalue weighted by atomic mass is 10.3. The highest BCUT2D eigenvalue weighted by Gasteiger charge is 2.32. The summed E-state index contributed by atoms with van der Waals surface area (Å²) in [5.74, 6) is -0.718. The SMILES string of the molecule is CN(C)S(=O)(=O)n1c([N+](=O)[O-])nc2ccccc21. The van der Waals surface area contributed by atoms with Gasteiger partial charge in [0.05, 0.1) is 0 Å². The molecule has 9 heteroatoms. The summed E-state index contributed by atoms with van der Waals surface area (Å²) in [4.78, 5) is 13.8. The van der Waals surface area contributed by atoms with Gasteiger partial charge in [-0.25, -0.2) is 0 Å². The summed E-state index contributed by atoms with van der Waals surface area (Å²) in [5, 5.41) is 10.9. The van der Waals surface area contributed by atoms with Gasteiger partial charge in [-0.3, -0.25) is 0 Å². The molecule has 1 aromatic carbocycles. The maximum atomic E-state index is 12.1. The van der Waals surface area contributed by atoms with Crippen LogP contribution in [0.4, 0.5) is 5.95 Å². The Kier molecular flexibility index (Phi) is 2.79. The molecule has 0 aliphatic carbocycles. The predicted molar refractivity (Wildman–Crippen MR) is 64.4 cm³/mol. The Morgan fingerprint density at radius 3 is 2.50 bits per heavy atom. The van der Waals surface area contributed by atoms with E-state index in [-0.39, 0.29) is 11.0 Å². The largest absolute Gasteiger partial charge is 0.451 e. The molecule has 8 nitrogen and oxygen atoms in total. The van der Waals surface area contributed by atoms with Crippen molar-refractivity contribution in [2.45, 2.75) is 0 Å². The molecule has 18 heavy (non-hydrogen) atoms. The van der Waals surface area contributed by atoms with Crippen LogP contribution in [0.5, 0.6) is 0 Å². The topological polar surface area (TPSA) is 98.3 Å². The third-order valence-electron chi connectivity index (χ3n) is 2.36. The highest BCUT2D eigenvalue weighted by molar-refractivity contribution is 7.87. The van der Waals surface area contributed by atoms with E-state index in [9.17, 15) is 18.5 Å². The van der Waals surface area contributed by atoms with Crippen LogP contribution in [0, 0.1) is 10.1 Å². The molecule has 0 unspecified atom stereocenters. The summed E-state index contributed by atoms with van der Waals surface area (Å²) >= 11 is 0. The first-order valence-electron chi connectivity index (χ1n) is 4.90.